The van der Waals surface area contributed by atoms with Crippen LogP contribution < -0.4 is 5.32 Å². The van der Waals surface area contributed by atoms with Crippen LogP contribution in [0.4, 0.5) is 0 Å². The molecule has 3 aliphatic heterocycles. The largest absolute Gasteiger partial charge is 0.390 e. The van der Waals surface area contributed by atoms with Crippen molar-refractivity contribution in [2.24, 2.45) is 11.8 Å². The summed E-state index contributed by atoms with van der Waals surface area (Å²) in [4.78, 5) is 2.40. The van der Waals surface area contributed by atoms with Crippen molar-refractivity contribution in [2.45, 2.75) is 64.1 Å². The van der Waals surface area contributed by atoms with Crippen LogP contribution in [0, 0.1) is 11.8 Å². The highest BCUT2D eigenvalue weighted by atomic mass is 35.5. The second-order valence-electron chi connectivity index (χ2n) is 13.1. The van der Waals surface area contributed by atoms with Crippen molar-refractivity contribution in [3.63, 3.8) is 0 Å². The molecule has 0 spiro atoms. The lowest BCUT2D eigenvalue weighted by atomic mass is 9.79. The molecule has 3 aliphatic rings. The average molecular weight is 675 g/mol. The number of benzene rings is 2. The van der Waals surface area contributed by atoms with E-state index in [1.807, 2.05) is 41.1 Å². The Kier molecular flexibility index (Phi) is 10.6. The molecule has 1 atom stereocenters. The van der Waals surface area contributed by atoms with Crippen molar-refractivity contribution in [3.8, 4) is 11.3 Å². The second-order valence-corrected chi connectivity index (χ2v) is 15.9. The van der Waals surface area contributed by atoms with Crippen LogP contribution in [-0.4, -0.2) is 84.1 Å². The number of piperidine rings is 2. The highest BCUT2D eigenvalue weighted by Gasteiger charge is 2.32. The molecule has 0 radical (unpaired) electrons. The van der Waals surface area contributed by atoms with Crippen LogP contribution in [0.3, 0.4) is 0 Å². The van der Waals surface area contributed by atoms with Crippen LogP contribution in [0.25, 0.3) is 11.3 Å². The van der Waals surface area contributed by atoms with Crippen LogP contribution in [0.1, 0.15) is 48.1 Å². The lowest BCUT2D eigenvalue weighted by molar-refractivity contribution is 0.0631. The van der Waals surface area contributed by atoms with Crippen LogP contribution in [-0.2, 0) is 42.4 Å². The maximum absolute atomic E-state index is 12.5. The van der Waals surface area contributed by atoms with Gasteiger partial charge in [-0.25, -0.2) is 8.42 Å². The van der Waals surface area contributed by atoms with Gasteiger partial charge in [-0.15, -0.1) is 0 Å². The van der Waals surface area contributed by atoms with E-state index in [-0.39, 0.29) is 6.54 Å². The van der Waals surface area contributed by atoms with Crippen LogP contribution in [0.15, 0.2) is 42.5 Å². The average Bonchev–Trinajstić information content (AvgIpc) is 3.39. The number of aliphatic hydroxyl groups excluding tert-OH is 1. The number of β-amino-alcohol motifs (C(OH)–C–C–N with tert-alkyl or cyclic N) is 1. The fourth-order valence-corrected chi connectivity index (χ4v) is 8.58. The van der Waals surface area contributed by atoms with Crippen molar-refractivity contribution < 1.29 is 13.5 Å². The Hall–Kier alpha value is -1.98. The van der Waals surface area contributed by atoms with E-state index in [9.17, 15) is 13.5 Å². The molecule has 8 nitrogen and oxygen atoms in total. The van der Waals surface area contributed by atoms with E-state index < -0.39 is 16.1 Å². The molecule has 0 unspecified atom stereocenters. The van der Waals surface area contributed by atoms with Gasteiger partial charge in [0.15, 0.2) is 0 Å². The summed E-state index contributed by atoms with van der Waals surface area (Å²) < 4.78 is 28.5. The second kappa shape index (κ2) is 14.4. The molecule has 4 heterocycles. The summed E-state index contributed by atoms with van der Waals surface area (Å²) in [6.07, 6.45) is 7.80. The zero-order chi connectivity index (χ0) is 31.6. The first-order valence-corrected chi connectivity index (χ1v) is 18.9. The lowest BCUT2D eigenvalue weighted by Crippen LogP contribution is -2.43. The molecule has 0 saturated carbocycles. The fraction of sp³-hybridized carbons (Fsp3) is 0.559. The molecule has 45 heavy (non-hydrogen) atoms. The number of likely N-dealkylation sites (tertiary alicyclic amines) is 1. The highest BCUT2D eigenvalue weighted by molar-refractivity contribution is 7.88. The van der Waals surface area contributed by atoms with Gasteiger partial charge in [0.1, 0.15) is 0 Å². The Morgan fingerprint density at radius 1 is 0.956 bits per heavy atom. The minimum atomic E-state index is -3.36. The lowest BCUT2D eigenvalue weighted by Gasteiger charge is -2.38. The van der Waals surface area contributed by atoms with E-state index in [1.165, 1.54) is 41.8 Å². The van der Waals surface area contributed by atoms with Crippen molar-refractivity contribution in [1.82, 2.24) is 24.3 Å². The van der Waals surface area contributed by atoms with Gasteiger partial charge in [-0.05, 0) is 112 Å². The number of fused-ring (bicyclic) bond motifs is 1. The topological polar surface area (TPSA) is 90.7 Å². The Balaban J connectivity index is 1.18. The number of sulfonamides is 1. The highest BCUT2D eigenvalue weighted by Crippen LogP contribution is 2.34. The monoisotopic (exact) mass is 673 g/mol. The molecule has 2 saturated heterocycles. The van der Waals surface area contributed by atoms with Gasteiger partial charge < -0.3 is 15.3 Å². The molecule has 2 aromatic carbocycles. The third-order valence-corrected chi connectivity index (χ3v) is 11.9. The molecule has 0 bridgehead atoms. The maximum Gasteiger partial charge on any atom is 0.211 e. The first-order valence-electron chi connectivity index (χ1n) is 16.3. The van der Waals surface area contributed by atoms with E-state index >= 15 is 0 Å². The number of rotatable bonds is 10. The minimum Gasteiger partial charge on any atom is -0.390 e. The third-order valence-electron chi connectivity index (χ3n) is 10.0. The molecule has 2 fully saturated rings. The minimum absolute atomic E-state index is 0.270. The van der Waals surface area contributed by atoms with E-state index in [0.717, 1.165) is 78.9 Å². The summed E-state index contributed by atoms with van der Waals surface area (Å²) in [5.41, 5.74) is 5.77. The number of hydrogen-bond acceptors (Lipinski definition) is 6. The standard InChI is InChI=1S/C34H45Cl2N5O3S/c1-45(43,44)40-19-14-33-31(23-40)34(28-6-9-32(36)27(20-28)5-2-24-3-7-29(35)8-4-24)38-41(33)22-30(42)21-39-17-12-26(13-18-39)25-10-15-37-16-11-25/h3-4,6-9,20,25-26,30,37,42H,2,5,10-19,21-23H2,1H3/t30-/m0/s1. The van der Waals surface area contributed by atoms with Crippen LogP contribution in [0.5, 0.6) is 0 Å². The van der Waals surface area contributed by atoms with E-state index in [4.69, 9.17) is 28.3 Å². The van der Waals surface area contributed by atoms with Gasteiger partial charge in [0.25, 0.3) is 0 Å². The summed E-state index contributed by atoms with van der Waals surface area (Å²) in [6, 6.07) is 13.8. The quantitative estimate of drug-likeness (QED) is 0.314. The predicted molar refractivity (Wildman–Crippen MR) is 181 cm³/mol. The molecule has 3 aromatic rings. The number of aromatic nitrogens is 2. The number of aryl methyl sites for hydroxylation is 2. The molecule has 11 heteroatoms. The number of nitrogens with one attached hydrogen (secondary N) is 1. The van der Waals surface area contributed by atoms with Crippen molar-refractivity contribution >= 4 is 33.2 Å². The Bertz CT molecular complexity index is 1570. The van der Waals surface area contributed by atoms with Gasteiger partial charge in [-0.3, -0.25) is 4.68 Å². The number of halogens is 2. The van der Waals surface area contributed by atoms with Gasteiger partial charge in [0.2, 0.25) is 10.0 Å². The SMILES string of the molecule is CS(=O)(=O)N1CCc2c(c(-c3ccc(Cl)c(CCc4ccc(Cl)cc4)c3)nn2C[C@@H](O)CN2CCC(C3CCNCC3)CC2)C1. The summed E-state index contributed by atoms with van der Waals surface area (Å²) in [7, 11) is -3.36. The number of hydrogen-bond donors (Lipinski definition) is 2. The normalized spacial score (nSPS) is 19.9. The smallest absolute Gasteiger partial charge is 0.211 e. The van der Waals surface area contributed by atoms with Crippen molar-refractivity contribution in [3.05, 3.63) is 74.9 Å². The summed E-state index contributed by atoms with van der Waals surface area (Å²) >= 11 is 12.7. The van der Waals surface area contributed by atoms with E-state index in [1.54, 1.807) is 0 Å². The molecule has 0 aliphatic carbocycles. The molecule has 0 amide bonds. The van der Waals surface area contributed by atoms with E-state index in [0.29, 0.717) is 36.1 Å². The van der Waals surface area contributed by atoms with Gasteiger partial charge >= 0.3 is 0 Å². The van der Waals surface area contributed by atoms with Crippen LogP contribution >= 0.6 is 23.2 Å². The summed E-state index contributed by atoms with van der Waals surface area (Å²) in [6.45, 7) is 6.02. The van der Waals surface area contributed by atoms with Gasteiger partial charge in [-0.2, -0.15) is 9.40 Å². The van der Waals surface area contributed by atoms with E-state index in [2.05, 4.69) is 16.3 Å². The molecule has 1 aromatic heterocycles. The first kappa shape index (κ1) is 32.9. The van der Waals surface area contributed by atoms with Gasteiger partial charge in [-0.1, -0.05) is 41.4 Å². The van der Waals surface area contributed by atoms with Gasteiger partial charge in [0.05, 0.1) is 24.6 Å². The predicted octanol–water partition coefficient (Wildman–Crippen LogP) is 5.03. The third kappa shape index (κ3) is 8.12. The molecular weight excluding hydrogens is 629 g/mol. The number of aliphatic hydroxyl groups is 1. The fourth-order valence-electron chi connectivity index (χ4n) is 7.45. The Morgan fingerprint density at radius 3 is 2.38 bits per heavy atom. The van der Waals surface area contributed by atoms with Crippen molar-refractivity contribution in [2.75, 3.05) is 45.5 Å². The Labute approximate surface area is 277 Å². The molecule has 244 valence electrons. The van der Waals surface area contributed by atoms with Crippen LogP contribution in [0.2, 0.25) is 10.0 Å². The number of nitrogens with zero attached hydrogens (tertiary/aromatic N) is 4. The maximum atomic E-state index is 12.5. The van der Waals surface area contributed by atoms with Crippen molar-refractivity contribution in [1.29, 1.82) is 0 Å². The molecule has 6 rings (SSSR count). The summed E-state index contributed by atoms with van der Waals surface area (Å²) in [5.74, 6) is 1.64. The molecule has 2 N–H and O–H groups in total. The Morgan fingerprint density at radius 2 is 1.67 bits per heavy atom. The van der Waals surface area contributed by atoms with Gasteiger partial charge in [0, 0.05) is 52.9 Å². The molecular formula is C34H45Cl2N5O3S. The zero-order valence-corrected chi connectivity index (χ0v) is 28.4. The zero-order valence-electron chi connectivity index (χ0n) is 26.1. The first-order chi connectivity index (χ1) is 21.6. The summed E-state index contributed by atoms with van der Waals surface area (Å²) in [5, 5.41) is 21.2.